The molecule has 2 rings (SSSR count). The van der Waals surface area contributed by atoms with Crippen LogP contribution in [0, 0.1) is 0 Å². The summed E-state index contributed by atoms with van der Waals surface area (Å²) in [4.78, 5) is 2.59. The molecule has 0 aromatic heterocycles. The predicted molar refractivity (Wildman–Crippen MR) is 83.9 cm³/mol. The Hall–Kier alpha value is -0.900. The average Bonchev–Trinajstić information content (AvgIpc) is 2.43. The first-order valence-electron chi connectivity index (χ1n) is 7.45. The van der Waals surface area contributed by atoms with E-state index in [-0.39, 0.29) is 11.1 Å². The summed E-state index contributed by atoms with van der Waals surface area (Å²) in [6.45, 7) is 11.9. The van der Waals surface area contributed by atoms with Crippen LogP contribution in [0.4, 0.5) is 0 Å². The summed E-state index contributed by atoms with van der Waals surface area (Å²) in [5.74, 6) is 0. The van der Waals surface area contributed by atoms with Crippen LogP contribution in [-0.2, 0) is 10.3 Å². The number of rotatable bonds is 4. The number of hydrogen-bond acceptors (Lipinski definition) is 3. The van der Waals surface area contributed by atoms with Crippen molar-refractivity contribution < 1.29 is 4.74 Å². The molecular formula is C17H28N2O. The van der Waals surface area contributed by atoms with Crippen LogP contribution < -0.4 is 5.32 Å². The molecule has 112 valence electrons. The van der Waals surface area contributed by atoms with Crippen molar-refractivity contribution in [1.29, 1.82) is 0 Å². The maximum Gasteiger partial charge on any atom is 0.0615 e. The summed E-state index contributed by atoms with van der Waals surface area (Å²) in [6.07, 6.45) is 0. The van der Waals surface area contributed by atoms with Crippen LogP contribution in [0.5, 0.6) is 0 Å². The fraction of sp³-hybridized carbons (Fsp3) is 0.647. The molecule has 0 aliphatic carbocycles. The Kier molecular flexibility index (Phi) is 4.52. The third kappa shape index (κ3) is 3.05. The van der Waals surface area contributed by atoms with Crippen molar-refractivity contribution in [3.8, 4) is 0 Å². The first kappa shape index (κ1) is 15.5. The molecule has 0 saturated carbocycles. The van der Waals surface area contributed by atoms with Gasteiger partial charge < -0.3 is 10.1 Å². The summed E-state index contributed by atoms with van der Waals surface area (Å²) in [6, 6.07) is 11.2. The summed E-state index contributed by atoms with van der Waals surface area (Å²) in [7, 11) is 1.78. The van der Waals surface area contributed by atoms with E-state index in [9.17, 15) is 0 Å². The highest BCUT2D eigenvalue weighted by Gasteiger charge is 2.43. The van der Waals surface area contributed by atoms with E-state index in [2.05, 4.69) is 68.2 Å². The van der Waals surface area contributed by atoms with Crippen LogP contribution in [0.1, 0.15) is 33.3 Å². The van der Waals surface area contributed by atoms with Gasteiger partial charge in [0.1, 0.15) is 0 Å². The van der Waals surface area contributed by atoms with Crippen molar-refractivity contribution in [2.75, 3.05) is 26.8 Å². The summed E-state index contributed by atoms with van der Waals surface area (Å²) >= 11 is 0. The topological polar surface area (TPSA) is 24.5 Å². The lowest BCUT2D eigenvalue weighted by Crippen LogP contribution is -2.67. The number of hydrogen-bond donors (Lipinski definition) is 1. The van der Waals surface area contributed by atoms with Crippen LogP contribution >= 0.6 is 0 Å². The lowest BCUT2D eigenvalue weighted by Gasteiger charge is -2.53. The highest BCUT2D eigenvalue weighted by atomic mass is 16.5. The molecule has 2 atom stereocenters. The van der Waals surface area contributed by atoms with Crippen molar-refractivity contribution in [3.63, 3.8) is 0 Å². The number of benzene rings is 1. The maximum atomic E-state index is 5.39. The number of nitrogens with zero attached hydrogens (tertiary/aromatic N) is 1. The van der Waals surface area contributed by atoms with Gasteiger partial charge in [0.05, 0.1) is 12.1 Å². The molecule has 3 nitrogen and oxygen atoms in total. The highest BCUT2D eigenvalue weighted by Crippen LogP contribution is 2.34. The van der Waals surface area contributed by atoms with Gasteiger partial charge in [-0.3, -0.25) is 4.90 Å². The van der Waals surface area contributed by atoms with Gasteiger partial charge in [0.15, 0.2) is 0 Å². The van der Waals surface area contributed by atoms with Gasteiger partial charge in [0, 0.05) is 31.8 Å². The zero-order valence-electron chi connectivity index (χ0n) is 13.4. The second-order valence-electron chi connectivity index (χ2n) is 6.81. The van der Waals surface area contributed by atoms with E-state index in [4.69, 9.17) is 4.74 Å². The van der Waals surface area contributed by atoms with Crippen LogP contribution in [0.25, 0.3) is 0 Å². The molecule has 1 fully saturated rings. The van der Waals surface area contributed by atoms with Gasteiger partial charge in [-0.1, -0.05) is 30.3 Å². The SMILES string of the molecule is COCC(C)N1CC(C)(C)NCC1(C)c1ccccc1. The van der Waals surface area contributed by atoms with Crippen molar-refractivity contribution in [3.05, 3.63) is 35.9 Å². The first-order valence-corrected chi connectivity index (χ1v) is 7.45. The lowest BCUT2D eigenvalue weighted by molar-refractivity contribution is -0.0293. The van der Waals surface area contributed by atoms with Gasteiger partial charge in [-0.25, -0.2) is 0 Å². The number of nitrogens with one attached hydrogen (secondary N) is 1. The van der Waals surface area contributed by atoms with Gasteiger partial charge in [-0.05, 0) is 33.3 Å². The minimum Gasteiger partial charge on any atom is -0.383 e. The molecular weight excluding hydrogens is 248 g/mol. The standard InChI is InChI=1S/C17H28N2O/c1-14(11-20-5)19-13-16(2,3)18-12-17(19,4)15-9-7-6-8-10-15/h6-10,14,18H,11-13H2,1-5H3. The van der Waals surface area contributed by atoms with E-state index >= 15 is 0 Å². The molecule has 0 spiro atoms. The molecule has 1 heterocycles. The Balaban J connectivity index is 2.33. The maximum absolute atomic E-state index is 5.39. The zero-order valence-corrected chi connectivity index (χ0v) is 13.4. The highest BCUT2D eigenvalue weighted by molar-refractivity contribution is 5.26. The van der Waals surface area contributed by atoms with Crippen molar-refractivity contribution in [2.24, 2.45) is 0 Å². The van der Waals surface area contributed by atoms with Gasteiger partial charge in [0.25, 0.3) is 0 Å². The first-order chi connectivity index (χ1) is 9.39. The monoisotopic (exact) mass is 276 g/mol. The van der Waals surface area contributed by atoms with Crippen LogP contribution in [0.15, 0.2) is 30.3 Å². The molecule has 1 aromatic rings. The quantitative estimate of drug-likeness (QED) is 0.915. The van der Waals surface area contributed by atoms with Crippen molar-refractivity contribution in [1.82, 2.24) is 10.2 Å². The van der Waals surface area contributed by atoms with Gasteiger partial charge in [-0.15, -0.1) is 0 Å². The van der Waals surface area contributed by atoms with E-state index in [1.54, 1.807) is 7.11 Å². The molecule has 1 aromatic carbocycles. The molecule has 0 amide bonds. The Morgan fingerprint density at radius 1 is 1.25 bits per heavy atom. The molecule has 0 radical (unpaired) electrons. The van der Waals surface area contributed by atoms with Gasteiger partial charge in [0.2, 0.25) is 0 Å². The van der Waals surface area contributed by atoms with E-state index in [1.807, 2.05) is 0 Å². The predicted octanol–water partition coefficient (Wildman–Crippen LogP) is 2.62. The second kappa shape index (κ2) is 5.84. The van der Waals surface area contributed by atoms with E-state index < -0.39 is 0 Å². The molecule has 1 aliphatic rings. The Morgan fingerprint density at radius 3 is 2.50 bits per heavy atom. The molecule has 1 aliphatic heterocycles. The van der Waals surface area contributed by atoms with Crippen LogP contribution in [-0.4, -0.2) is 43.3 Å². The molecule has 3 heteroatoms. The minimum absolute atomic E-state index is 0.00866. The van der Waals surface area contributed by atoms with E-state index in [0.29, 0.717) is 6.04 Å². The van der Waals surface area contributed by atoms with E-state index in [0.717, 1.165) is 19.7 Å². The largest absolute Gasteiger partial charge is 0.383 e. The zero-order chi connectivity index (χ0) is 14.8. The number of piperazine rings is 1. The fourth-order valence-electron chi connectivity index (χ4n) is 3.21. The molecule has 0 bridgehead atoms. The molecule has 1 N–H and O–H groups in total. The van der Waals surface area contributed by atoms with Crippen LogP contribution in [0.3, 0.4) is 0 Å². The third-order valence-electron chi connectivity index (χ3n) is 4.45. The number of ether oxygens (including phenoxy) is 1. The van der Waals surface area contributed by atoms with Gasteiger partial charge >= 0.3 is 0 Å². The molecule has 1 saturated heterocycles. The van der Waals surface area contributed by atoms with E-state index in [1.165, 1.54) is 5.56 Å². The molecule has 20 heavy (non-hydrogen) atoms. The normalized spacial score (nSPS) is 28.2. The molecule has 2 unspecified atom stereocenters. The summed E-state index contributed by atoms with van der Waals surface area (Å²) in [5.41, 5.74) is 1.51. The Labute approximate surface area is 123 Å². The smallest absolute Gasteiger partial charge is 0.0615 e. The number of methoxy groups -OCH3 is 1. The summed E-state index contributed by atoms with van der Waals surface area (Å²) in [5, 5.41) is 3.69. The van der Waals surface area contributed by atoms with Crippen molar-refractivity contribution in [2.45, 2.75) is 44.8 Å². The van der Waals surface area contributed by atoms with Gasteiger partial charge in [-0.2, -0.15) is 0 Å². The summed E-state index contributed by atoms with van der Waals surface area (Å²) < 4.78 is 5.39. The second-order valence-corrected chi connectivity index (χ2v) is 6.81. The third-order valence-corrected chi connectivity index (χ3v) is 4.45. The Bertz CT molecular complexity index is 432. The Morgan fingerprint density at radius 2 is 1.90 bits per heavy atom. The minimum atomic E-state index is 0.00866. The average molecular weight is 276 g/mol. The fourth-order valence-corrected chi connectivity index (χ4v) is 3.21. The van der Waals surface area contributed by atoms with Crippen molar-refractivity contribution >= 4 is 0 Å². The van der Waals surface area contributed by atoms with Crippen LogP contribution in [0.2, 0.25) is 0 Å². The lowest BCUT2D eigenvalue weighted by atomic mass is 9.83.